The Morgan fingerprint density at radius 3 is 2.94 bits per heavy atom. The minimum atomic E-state index is -0.0833. The van der Waals surface area contributed by atoms with Gasteiger partial charge in [0.2, 0.25) is 5.91 Å². The summed E-state index contributed by atoms with van der Waals surface area (Å²) in [7, 11) is 0. The van der Waals surface area contributed by atoms with E-state index in [1.54, 1.807) is 6.20 Å². The lowest BCUT2D eigenvalue weighted by Crippen LogP contribution is -2.07. The summed E-state index contributed by atoms with van der Waals surface area (Å²) in [5.41, 5.74) is 2.83. The molecule has 5 heteroatoms. The highest BCUT2D eigenvalue weighted by Gasteiger charge is 2.03. The first-order valence-electron chi connectivity index (χ1n) is 5.64. The number of aryl methyl sites for hydroxylation is 1. The van der Waals surface area contributed by atoms with E-state index in [1.165, 1.54) is 13.3 Å². The fraction of sp³-hybridized carbons (Fsp3) is 0.231. The summed E-state index contributed by atoms with van der Waals surface area (Å²) in [5, 5.41) is 5.99. The molecule has 1 amide bonds. The molecule has 18 heavy (non-hydrogen) atoms. The third-order valence-corrected chi connectivity index (χ3v) is 2.49. The van der Waals surface area contributed by atoms with Gasteiger partial charge < -0.3 is 15.1 Å². The summed E-state index contributed by atoms with van der Waals surface area (Å²) in [4.78, 5) is 14.8. The SMILES string of the molecule is CC(=O)Nc1ccc(C)c(NCc2cnco2)c1. The standard InChI is InChI=1S/C13H15N3O2/c1-9-3-4-11(16-10(2)17)5-13(9)15-7-12-6-14-8-18-12/h3-6,8,15H,7H2,1-2H3,(H,16,17). The van der Waals surface area contributed by atoms with Gasteiger partial charge in [0.25, 0.3) is 0 Å². The molecule has 0 atom stereocenters. The van der Waals surface area contributed by atoms with E-state index in [1.807, 2.05) is 25.1 Å². The van der Waals surface area contributed by atoms with Gasteiger partial charge in [-0.1, -0.05) is 6.07 Å². The molecule has 1 heterocycles. The maximum atomic E-state index is 11.0. The molecule has 0 saturated heterocycles. The second-order valence-electron chi connectivity index (χ2n) is 4.03. The molecule has 2 rings (SSSR count). The van der Waals surface area contributed by atoms with E-state index in [4.69, 9.17) is 4.42 Å². The average Bonchev–Trinajstić information content (AvgIpc) is 2.82. The van der Waals surface area contributed by atoms with Gasteiger partial charge in [-0.15, -0.1) is 0 Å². The highest BCUT2D eigenvalue weighted by Crippen LogP contribution is 2.20. The lowest BCUT2D eigenvalue weighted by Gasteiger charge is -2.10. The van der Waals surface area contributed by atoms with E-state index in [-0.39, 0.29) is 5.91 Å². The number of carbonyl (C=O) groups excluding carboxylic acids is 1. The van der Waals surface area contributed by atoms with Crippen molar-refractivity contribution in [1.82, 2.24) is 4.98 Å². The molecular formula is C13H15N3O2. The van der Waals surface area contributed by atoms with Crippen molar-refractivity contribution >= 4 is 17.3 Å². The second kappa shape index (κ2) is 5.35. The third-order valence-electron chi connectivity index (χ3n) is 2.49. The minimum Gasteiger partial charge on any atom is -0.447 e. The Morgan fingerprint density at radius 1 is 1.44 bits per heavy atom. The predicted molar refractivity (Wildman–Crippen MR) is 69.3 cm³/mol. The van der Waals surface area contributed by atoms with Crippen molar-refractivity contribution in [3.8, 4) is 0 Å². The van der Waals surface area contributed by atoms with Crippen molar-refractivity contribution in [2.45, 2.75) is 20.4 Å². The van der Waals surface area contributed by atoms with Crippen molar-refractivity contribution < 1.29 is 9.21 Å². The summed E-state index contributed by atoms with van der Waals surface area (Å²) in [6.45, 7) is 4.05. The number of nitrogens with one attached hydrogen (secondary N) is 2. The Labute approximate surface area is 105 Å². The van der Waals surface area contributed by atoms with E-state index >= 15 is 0 Å². The van der Waals surface area contributed by atoms with Crippen LogP contribution < -0.4 is 10.6 Å². The number of carbonyl (C=O) groups is 1. The zero-order chi connectivity index (χ0) is 13.0. The van der Waals surface area contributed by atoms with Gasteiger partial charge in [-0.05, 0) is 24.6 Å². The third kappa shape index (κ3) is 3.10. The van der Waals surface area contributed by atoms with Crippen LogP contribution in [0.1, 0.15) is 18.2 Å². The smallest absolute Gasteiger partial charge is 0.221 e. The number of amides is 1. The van der Waals surface area contributed by atoms with Gasteiger partial charge in [-0.2, -0.15) is 0 Å². The van der Waals surface area contributed by atoms with Gasteiger partial charge in [0, 0.05) is 18.3 Å². The van der Waals surface area contributed by atoms with Crippen LogP contribution in [0, 0.1) is 6.92 Å². The molecule has 0 aliphatic rings. The van der Waals surface area contributed by atoms with E-state index in [0.29, 0.717) is 6.54 Å². The molecule has 0 aliphatic carbocycles. The van der Waals surface area contributed by atoms with E-state index in [0.717, 1.165) is 22.7 Å². The molecule has 0 fully saturated rings. The fourth-order valence-corrected chi connectivity index (χ4v) is 1.61. The zero-order valence-electron chi connectivity index (χ0n) is 10.4. The molecule has 0 unspecified atom stereocenters. The van der Waals surface area contributed by atoms with Crippen LogP contribution in [0.5, 0.6) is 0 Å². The molecule has 2 N–H and O–H groups in total. The van der Waals surface area contributed by atoms with E-state index < -0.39 is 0 Å². The summed E-state index contributed by atoms with van der Waals surface area (Å²) >= 11 is 0. The maximum Gasteiger partial charge on any atom is 0.221 e. The van der Waals surface area contributed by atoms with Crippen molar-refractivity contribution in [3.63, 3.8) is 0 Å². The number of nitrogens with zero attached hydrogens (tertiary/aromatic N) is 1. The number of oxazole rings is 1. The Balaban J connectivity index is 2.08. The van der Waals surface area contributed by atoms with Crippen LogP contribution in [0.15, 0.2) is 35.2 Å². The predicted octanol–water partition coefficient (Wildman–Crippen LogP) is 2.55. The van der Waals surface area contributed by atoms with Crippen molar-refractivity contribution in [2.24, 2.45) is 0 Å². The molecule has 0 aliphatic heterocycles. The maximum absolute atomic E-state index is 11.0. The van der Waals surface area contributed by atoms with Gasteiger partial charge in [0.05, 0.1) is 12.7 Å². The van der Waals surface area contributed by atoms with Crippen LogP contribution in [-0.4, -0.2) is 10.9 Å². The number of benzene rings is 1. The normalized spacial score (nSPS) is 10.1. The highest BCUT2D eigenvalue weighted by atomic mass is 16.3. The Morgan fingerprint density at radius 2 is 2.28 bits per heavy atom. The molecule has 0 saturated carbocycles. The van der Waals surface area contributed by atoms with Gasteiger partial charge in [0.15, 0.2) is 6.39 Å². The first kappa shape index (κ1) is 12.2. The Hall–Kier alpha value is -2.30. The minimum absolute atomic E-state index is 0.0833. The van der Waals surface area contributed by atoms with Crippen molar-refractivity contribution in [2.75, 3.05) is 10.6 Å². The lowest BCUT2D eigenvalue weighted by atomic mass is 10.1. The number of hydrogen-bond donors (Lipinski definition) is 2. The van der Waals surface area contributed by atoms with Gasteiger partial charge in [0.1, 0.15) is 5.76 Å². The molecule has 0 spiro atoms. The Kier molecular flexibility index (Phi) is 3.62. The molecular weight excluding hydrogens is 230 g/mol. The summed E-state index contributed by atoms with van der Waals surface area (Å²) < 4.78 is 5.15. The molecule has 0 radical (unpaired) electrons. The van der Waals surface area contributed by atoms with Gasteiger partial charge in [-0.25, -0.2) is 4.98 Å². The van der Waals surface area contributed by atoms with Crippen LogP contribution in [-0.2, 0) is 11.3 Å². The number of anilines is 2. The van der Waals surface area contributed by atoms with Crippen LogP contribution in [0.3, 0.4) is 0 Å². The first-order valence-corrected chi connectivity index (χ1v) is 5.64. The number of rotatable bonds is 4. The largest absolute Gasteiger partial charge is 0.447 e. The molecule has 1 aromatic heterocycles. The first-order chi connectivity index (χ1) is 8.65. The summed E-state index contributed by atoms with van der Waals surface area (Å²) in [6, 6.07) is 5.72. The second-order valence-corrected chi connectivity index (χ2v) is 4.03. The summed E-state index contributed by atoms with van der Waals surface area (Å²) in [6.07, 6.45) is 3.07. The molecule has 2 aromatic rings. The molecule has 94 valence electrons. The van der Waals surface area contributed by atoms with Crippen LogP contribution in [0.25, 0.3) is 0 Å². The zero-order valence-corrected chi connectivity index (χ0v) is 10.4. The van der Waals surface area contributed by atoms with Crippen LogP contribution in [0.4, 0.5) is 11.4 Å². The van der Waals surface area contributed by atoms with Crippen LogP contribution in [0.2, 0.25) is 0 Å². The van der Waals surface area contributed by atoms with Crippen LogP contribution >= 0.6 is 0 Å². The van der Waals surface area contributed by atoms with Crippen molar-refractivity contribution in [3.05, 3.63) is 42.1 Å². The topological polar surface area (TPSA) is 67.2 Å². The lowest BCUT2D eigenvalue weighted by molar-refractivity contribution is -0.114. The van der Waals surface area contributed by atoms with E-state index in [9.17, 15) is 4.79 Å². The fourth-order valence-electron chi connectivity index (χ4n) is 1.61. The quantitative estimate of drug-likeness (QED) is 0.868. The van der Waals surface area contributed by atoms with Crippen molar-refractivity contribution in [1.29, 1.82) is 0 Å². The Bertz CT molecular complexity index is 535. The molecule has 5 nitrogen and oxygen atoms in total. The summed E-state index contributed by atoms with van der Waals surface area (Å²) in [5.74, 6) is 0.680. The highest BCUT2D eigenvalue weighted by molar-refractivity contribution is 5.89. The molecule has 1 aromatic carbocycles. The van der Waals surface area contributed by atoms with E-state index in [2.05, 4.69) is 15.6 Å². The average molecular weight is 245 g/mol. The molecule has 0 bridgehead atoms. The van der Waals surface area contributed by atoms with Gasteiger partial charge >= 0.3 is 0 Å². The number of aromatic nitrogens is 1. The van der Waals surface area contributed by atoms with Gasteiger partial charge in [-0.3, -0.25) is 4.79 Å². The number of hydrogen-bond acceptors (Lipinski definition) is 4. The monoisotopic (exact) mass is 245 g/mol.